The van der Waals surface area contributed by atoms with Crippen molar-refractivity contribution < 1.29 is 0 Å². The third kappa shape index (κ3) is 5.65. The van der Waals surface area contributed by atoms with E-state index < -0.39 is 0 Å². The van der Waals surface area contributed by atoms with E-state index in [4.69, 9.17) is 0 Å². The summed E-state index contributed by atoms with van der Waals surface area (Å²) in [5, 5.41) is 0. The second-order valence-electron chi connectivity index (χ2n) is 2.73. The van der Waals surface area contributed by atoms with E-state index in [0.717, 1.165) is 6.42 Å². The van der Waals surface area contributed by atoms with Gasteiger partial charge in [-0.3, -0.25) is 0 Å². The van der Waals surface area contributed by atoms with E-state index in [-0.39, 0.29) is 0 Å². The Kier molecular flexibility index (Phi) is 5.54. The summed E-state index contributed by atoms with van der Waals surface area (Å²) in [6, 6.07) is 0. The molecule has 0 aromatic rings. The Morgan fingerprint density at radius 3 is 2.27 bits per heavy atom. The van der Waals surface area contributed by atoms with E-state index in [1.54, 1.807) is 0 Å². The van der Waals surface area contributed by atoms with Gasteiger partial charge in [0.15, 0.2) is 0 Å². The lowest BCUT2D eigenvalue weighted by molar-refractivity contribution is 1.22. The highest BCUT2D eigenvalue weighted by Gasteiger charge is 1.81. The van der Waals surface area contributed by atoms with Gasteiger partial charge < -0.3 is 0 Å². The quantitative estimate of drug-likeness (QED) is 0.536. The second kappa shape index (κ2) is 5.96. The molecule has 0 unspecified atom stereocenters. The van der Waals surface area contributed by atoms with Gasteiger partial charge in [-0.2, -0.15) is 0 Å². The lowest BCUT2D eigenvalue weighted by Gasteiger charge is -1.92. The predicted molar refractivity (Wildman–Crippen MR) is 52.6 cm³/mol. The minimum atomic E-state index is 1.11. The molecule has 11 heavy (non-hydrogen) atoms. The summed E-state index contributed by atoms with van der Waals surface area (Å²) in [5.41, 5.74) is 2.64. The van der Waals surface area contributed by atoms with Crippen LogP contribution in [0.4, 0.5) is 0 Å². The van der Waals surface area contributed by atoms with Gasteiger partial charge in [-0.25, -0.2) is 0 Å². The minimum absolute atomic E-state index is 1.11. The Balaban J connectivity index is 4.11. The Labute approximate surface area is 70.3 Å². The summed E-state index contributed by atoms with van der Waals surface area (Å²) >= 11 is 0. The van der Waals surface area contributed by atoms with Crippen LogP contribution in [0.15, 0.2) is 35.5 Å². The fourth-order valence-electron chi connectivity index (χ4n) is 0.794. The monoisotopic (exact) mass is 150 g/mol. The van der Waals surface area contributed by atoms with Gasteiger partial charge in [0.05, 0.1) is 0 Å². The zero-order valence-corrected chi connectivity index (χ0v) is 8.02. The maximum atomic E-state index is 2.19. The summed E-state index contributed by atoms with van der Waals surface area (Å²) in [6.45, 7) is 8.44. The molecule has 0 aliphatic carbocycles. The van der Waals surface area contributed by atoms with Gasteiger partial charge in [-0.1, -0.05) is 42.4 Å². The molecule has 0 saturated heterocycles. The topological polar surface area (TPSA) is 0 Å². The lowest BCUT2D eigenvalue weighted by atomic mass is 10.1. The van der Waals surface area contributed by atoms with Gasteiger partial charge in [0, 0.05) is 0 Å². The van der Waals surface area contributed by atoms with E-state index in [2.05, 4.69) is 52.0 Å². The summed E-state index contributed by atoms with van der Waals surface area (Å²) < 4.78 is 0. The molecule has 0 aliphatic heterocycles. The highest BCUT2D eigenvalue weighted by molar-refractivity contribution is 5.26. The van der Waals surface area contributed by atoms with E-state index in [1.165, 1.54) is 11.1 Å². The van der Waals surface area contributed by atoms with Crippen LogP contribution in [0.3, 0.4) is 0 Å². The third-order valence-corrected chi connectivity index (χ3v) is 1.53. The highest BCUT2D eigenvalue weighted by atomic mass is 13.9. The molecule has 0 heteroatoms. The van der Waals surface area contributed by atoms with Gasteiger partial charge >= 0.3 is 0 Å². The highest BCUT2D eigenvalue weighted by Crippen LogP contribution is 2.02. The largest absolute Gasteiger partial charge is 0.0847 e. The summed E-state index contributed by atoms with van der Waals surface area (Å²) in [4.78, 5) is 0. The molecule has 0 atom stereocenters. The third-order valence-electron chi connectivity index (χ3n) is 1.53. The molecule has 0 heterocycles. The standard InChI is InChI=1S/C11H18/c1-5-7-8-11(4)9-10(3)6-2/h6-9H,5H2,1-4H3/b8-7+,10-6-,11-9-. The van der Waals surface area contributed by atoms with Gasteiger partial charge in [0.1, 0.15) is 0 Å². The van der Waals surface area contributed by atoms with E-state index in [0.29, 0.717) is 0 Å². The van der Waals surface area contributed by atoms with Crippen molar-refractivity contribution in [2.45, 2.75) is 34.1 Å². The molecular weight excluding hydrogens is 132 g/mol. The molecule has 0 radical (unpaired) electrons. The van der Waals surface area contributed by atoms with Crippen molar-refractivity contribution in [3.63, 3.8) is 0 Å². The smallest absolute Gasteiger partial charge is 0.0376 e. The normalized spacial score (nSPS) is 14.5. The fourth-order valence-corrected chi connectivity index (χ4v) is 0.794. The number of hydrogen-bond donors (Lipinski definition) is 0. The molecule has 0 saturated carbocycles. The molecular formula is C11H18. The van der Waals surface area contributed by atoms with Crippen LogP contribution in [0.5, 0.6) is 0 Å². The maximum Gasteiger partial charge on any atom is -0.0376 e. The van der Waals surface area contributed by atoms with Crippen molar-refractivity contribution >= 4 is 0 Å². The summed E-state index contributed by atoms with van der Waals surface area (Å²) in [6.07, 6.45) is 9.75. The molecule has 0 rings (SSSR count). The Bertz CT molecular complexity index is 180. The van der Waals surface area contributed by atoms with E-state index in [1.807, 2.05) is 0 Å². The predicted octanol–water partition coefficient (Wildman–Crippen LogP) is 3.87. The van der Waals surface area contributed by atoms with Crippen LogP contribution >= 0.6 is 0 Å². The van der Waals surface area contributed by atoms with Crippen molar-refractivity contribution in [2.75, 3.05) is 0 Å². The average Bonchev–Trinajstić information content (AvgIpc) is 2.00. The molecule has 0 aromatic carbocycles. The minimum Gasteiger partial charge on any atom is -0.0847 e. The number of allylic oxidation sites excluding steroid dienone is 6. The number of hydrogen-bond acceptors (Lipinski definition) is 0. The molecule has 0 N–H and O–H groups in total. The molecule has 0 fully saturated rings. The van der Waals surface area contributed by atoms with Crippen LogP contribution < -0.4 is 0 Å². The second-order valence-corrected chi connectivity index (χ2v) is 2.73. The fraction of sp³-hybridized carbons (Fsp3) is 0.455. The molecule has 62 valence electrons. The molecule has 0 bridgehead atoms. The van der Waals surface area contributed by atoms with Gasteiger partial charge in [0.2, 0.25) is 0 Å². The van der Waals surface area contributed by atoms with Crippen molar-refractivity contribution in [1.29, 1.82) is 0 Å². The molecule has 0 spiro atoms. The Morgan fingerprint density at radius 2 is 1.82 bits per heavy atom. The van der Waals surface area contributed by atoms with Crippen LogP contribution in [0, 0.1) is 0 Å². The van der Waals surface area contributed by atoms with Crippen molar-refractivity contribution in [3.05, 3.63) is 35.5 Å². The molecule has 0 aliphatic rings. The SMILES string of the molecule is C\C=C(C)/C=C(C)\C=C\CC. The Hall–Kier alpha value is -0.780. The first-order valence-electron chi connectivity index (χ1n) is 4.18. The van der Waals surface area contributed by atoms with Crippen molar-refractivity contribution in [2.24, 2.45) is 0 Å². The van der Waals surface area contributed by atoms with Crippen LogP contribution in [0.1, 0.15) is 34.1 Å². The first kappa shape index (κ1) is 10.2. The van der Waals surface area contributed by atoms with Crippen LogP contribution in [0.25, 0.3) is 0 Å². The van der Waals surface area contributed by atoms with Crippen molar-refractivity contribution in [1.82, 2.24) is 0 Å². The molecule has 0 aromatic heterocycles. The zero-order valence-electron chi connectivity index (χ0n) is 8.02. The molecule has 0 nitrogen and oxygen atoms in total. The van der Waals surface area contributed by atoms with Crippen LogP contribution in [0.2, 0.25) is 0 Å². The average molecular weight is 150 g/mol. The van der Waals surface area contributed by atoms with E-state index in [9.17, 15) is 0 Å². The lowest BCUT2D eigenvalue weighted by Crippen LogP contribution is -1.71. The summed E-state index contributed by atoms with van der Waals surface area (Å²) in [7, 11) is 0. The maximum absolute atomic E-state index is 2.19. The summed E-state index contributed by atoms with van der Waals surface area (Å²) in [5.74, 6) is 0. The Morgan fingerprint density at radius 1 is 1.18 bits per heavy atom. The van der Waals surface area contributed by atoms with E-state index >= 15 is 0 Å². The number of rotatable bonds is 3. The zero-order chi connectivity index (χ0) is 8.69. The first-order chi connectivity index (χ1) is 5.20. The first-order valence-corrected chi connectivity index (χ1v) is 4.18. The van der Waals surface area contributed by atoms with Gasteiger partial charge in [0.25, 0.3) is 0 Å². The van der Waals surface area contributed by atoms with Crippen LogP contribution in [-0.2, 0) is 0 Å². The van der Waals surface area contributed by atoms with Crippen LogP contribution in [-0.4, -0.2) is 0 Å². The van der Waals surface area contributed by atoms with Crippen molar-refractivity contribution in [3.8, 4) is 0 Å². The molecule has 0 amide bonds. The van der Waals surface area contributed by atoms with Gasteiger partial charge in [-0.15, -0.1) is 0 Å². The van der Waals surface area contributed by atoms with Gasteiger partial charge in [-0.05, 0) is 27.2 Å².